The molecule has 0 amide bonds. The van der Waals surface area contributed by atoms with Crippen molar-refractivity contribution in [1.29, 1.82) is 0 Å². The number of halogens is 2. The lowest BCUT2D eigenvalue weighted by atomic mass is 9.31. The van der Waals surface area contributed by atoms with Crippen molar-refractivity contribution in [2.45, 2.75) is 25.7 Å². The van der Waals surface area contributed by atoms with Gasteiger partial charge in [-0.2, -0.15) is 0 Å². The number of hydrogen-bond donors (Lipinski definition) is 1. The Balaban J connectivity index is 1.95. The Hall–Kier alpha value is -2.52. The molecule has 0 radical (unpaired) electrons. The van der Waals surface area contributed by atoms with Crippen LogP contribution in [0.1, 0.15) is 34.1 Å². The second-order valence-electron chi connectivity index (χ2n) is 8.37. The molecule has 0 saturated carbocycles. The fourth-order valence-corrected chi connectivity index (χ4v) is 4.76. The van der Waals surface area contributed by atoms with Crippen molar-refractivity contribution in [3.05, 3.63) is 129 Å². The zero-order valence-corrected chi connectivity index (χ0v) is 19.8. The van der Waals surface area contributed by atoms with Gasteiger partial charge in [0, 0.05) is 16.1 Å². The monoisotopic (exact) mass is 457 g/mol. The lowest BCUT2D eigenvalue weighted by molar-refractivity contribution is 0.687. The van der Waals surface area contributed by atoms with Gasteiger partial charge in [-0.1, -0.05) is 119 Å². The first kappa shape index (κ1) is 22.7. The summed E-state index contributed by atoms with van der Waals surface area (Å²) in [6.07, 6.45) is 0. The highest BCUT2D eigenvalue weighted by atomic mass is 35.5. The van der Waals surface area contributed by atoms with Gasteiger partial charge in [0.15, 0.2) is 0 Å². The molecule has 4 aromatic carbocycles. The van der Waals surface area contributed by atoms with Gasteiger partial charge in [-0.05, 0) is 54.1 Å². The van der Waals surface area contributed by atoms with Crippen LogP contribution >= 0.6 is 23.2 Å². The number of benzene rings is 4. The number of hydrogen-bond acceptors (Lipinski definition) is 1. The Morgan fingerprint density at radius 2 is 1.06 bits per heavy atom. The highest BCUT2D eigenvalue weighted by molar-refractivity contribution is 6.86. The van der Waals surface area contributed by atoms with Crippen LogP contribution in [-0.2, 0) is 0 Å². The van der Waals surface area contributed by atoms with Crippen molar-refractivity contribution < 1.29 is 0 Å². The molecule has 4 aromatic rings. The van der Waals surface area contributed by atoms with E-state index in [0.717, 1.165) is 37.7 Å². The molecule has 4 heteroatoms. The van der Waals surface area contributed by atoms with E-state index in [1.165, 1.54) is 5.56 Å². The average molecular weight is 458 g/mol. The minimum atomic E-state index is -0.219. The smallest absolute Gasteiger partial charge is 0.218 e. The molecule has 0 aliphatic rings. The number of rotatable bonds is 6. The third-order valence-electron chi connectivity index (χ3n) is 6.22. The molecule has 0 aliphatic heterocycles. The first-order chi connectivity index (χ1) is 15.5. The minimum absolute atomic E-state index is 0.0175. The van der Waals surface area contributed by atoms with Crippen molar-refractivity contribution in [2.24, 2.45) is 5.73 Å². The molecule has 32 heavy (non-hydrogen) atoms. The first-order valence-corrected chi connectivity index (χ1v) is 11.6. The topological polar surface area (TPSA) is 26.0 Å². The Kier molecular flexibility index (Phi) is 7.05. The second-order valence-corrected chi connectivity index (χ2v) is 9.18. The molecule has 2 atom stereocenters. The molecule has 2 unspecified atom stereocenters. The summed E-state index contributed by atoms with van der Waals surface area (Å²) in [4.78, 5) is 0. The fourth-order valence-electron chi connectivity index (χ4n) is 4.38. The fraction of sp³-hybridized carbons (Fsp3) is 0.143. The molecular formula is C28H26BCl2N. The van der Waals surface area contributed by atoms with Gasteiger partial charge in [0.1, 0.15) is 0 Å². The zero-order chi connectivity index (χ0) is 22.7. The van der Waals surface area contributed by atoms with E-state index in [4.69, 9.17) is 28.9 Å². The van der Waals surface area contributed by atoms with E-state index in [-0.39, 0.29) is 18.6 Å². The molecule has 0 saturated heterocycles. The van der Waals surface area contributed by atoms with Crippen LogP contribution in [0.4, 0.5) is 0 Å². The molecule has 2 N–H and O–H groups in total. The second kappa shape index (κ2) is 9.96. The Morgan fingerprint density at radius 1 is 0.625 bits per heavy atom. The molecule has 160 valence electrons. The van der Waals surface area contributed by atoms with E-state index in [2.05, 4.69) is 72.8 Å². The Bertz CT molecular complexity index is 1140. The summed E-state index contributed by atoms with van der Waals surface area (Å²) in [5.74, 6) is -0.0175. The summed E-state index contributed by atoms with van der Waals surface area (Å²) in [7, 11) is 0. The van der Waals surface area contributed by atoms with E-state index in [9.17, 15) is 0 Å². The van der Waals surface area contributed by atoms with Gasteiger partial charge in [0.2, 0.25) is 6.71 Å². The van der Waals surface area contributed by atoms with E-state index >= 15 is 0 Å². The first-order valence-electron chi connectivity index (χ1n) is 10.8. The van der Waals surface area contributed by atoms with Crippen LogP contribution in [0.2, 0.25) is 10.0 Å². The molecular weight excluding hydrogens is 432 g/mol. The van der Waals surface area contributed by atoms with Crippen LogP contribution < -0.4 is 16.7 Å². The largest absolute Gasteiger partial charge is 0.324 e. The molecule has 4 rings (SSSR count). The maximum Gasteiger partial charge on any atom is 0.218 e. The predicted molar refractivity (Wildman–Crippen MR) is 140 cm³/mol. The summed E-state index contributed by atoms with van der Waals surface area (Å²) in [6, 6.07) is 33.2. The van der Waals surface area contributed by atoms with Crippen LogP contribution in [0, 0.1) is 13.8 Å². The third-order valence-corrected chi connectivity index (χ3v) is 7.04. The SMILES string of the molecule is Cc1ccc(B(c2ccc(C)c(Cl)c2)C(c2ccccc2)C(N)c2ccccc2)cc1Cl. The van der Waals surface area contributed by atoms with Crippen LogP contribution in [0.3, 0.4) is 0 Å². The number of aryl methyl sites for hydroxylation is 2. The number of nitrogens with two attached hydrogens (primary N) is 1. The minimum Gasteiger partial charge on any atom is -0.324 e. The van der Waals surface area contributed by atoms with Gasteiger partial charge in [0.05, 0.1) is 0 Å². The maximum absolute atomic E-state index is 7.02. The lowest BCUT2D eigenvalue weighted by Crippen LogP contribution is -2.50. The quantitative estimate of drug-likeness (QED) is 0.340. The van der Waals surface area contributed by atoms with Gasteiger partial charge in [-0.3, -0.25) is 0 Å². The normalized spacial score (nSPS) is 12.9. The van der Waals surface area contributed by atoms with Gasteiger partial charge in [0.25, 0.3) is 0 Å². The maximum atomic E-state index is 7.02. The summed E-state index contributed by atoms with van der Waals surface area (Å²) >= 11 is 13.2. The van der Waals surface area contributed by atoms with Crippen LogP contribution in [-0.4, -0.2) is 6.71 Å². The van der Waals surface area contributed by atoms with Crippen LogP contribution in [0.5, 0.6) is 0 Å². The van der Waals surface area contributed by atoms with E-state index in [1.54, 1.807) is 0 Å². The third kappa shape index (κ3) is 4.78. The van der Waals surface area contributed by atoms with E-state index in [1.807, 2.05) is 38.1 Å². The van der Waals surface area contributed by atoms with Crippen molar-refractivity contribution in [2.75, 3.05) is 0 Å². The van der Waals surface area contributed by atoms with Crippen LogP contribution in [0.15, 0.2) is 97.1 Å². The molecule has 0 aliphatic carbocycles. The predicted octanol–water partition coefficient (Wildman–Crippen LogP) is 6.24. The van der Waals surface area contributed by atoms with Crippen molar-refractivity contribution >= 4 is 40.8 Å². The summed E-state index contributed by atoms with van der Waals surface area (Å²) < 4.78 is 0. The average Bonchev–Trinajstić information content (AvgIpc) is 2.82. The molecule has 0 aromatic heterocycles. The summed E-state index contributed by atoms with van der Waals surface area (Å²) in [6.45, 7) is 4.02. The zero-order valence-electron chi connectivity index (χ0n) is 18.3. The van der Waals surface area contributed by atoms with Gasteiger partial charge >= 0.3 is 0 Å². The summed E-state index contributed by atoms with van der Waals surface area (Å²) in [5, 5.41) is 1.51. The van der Waals surface area contributed by atoms with Crippen molar-refractivity contribution in [3.63, 3.8) is 0 Å². The molecule has 0 fully saturated rings. The Morgan fingerprint density at radius 3 is 1.50 bits per heavy atom. The van der Waals surface area contributed by atoms with Crippen LogP contribution in [0.25, 0.3) is 0 Å². The van der Waals surface area contributed by atoms with Gasteiger partial charge in [-0.25, -0.2) is 0 Å². The molecule has 0 bridgehead atoms. The molecule has 1 nitrogen and oxygen atoms in total. The van der Waals surface area contributed by atoms with Gasteiger partial charge < -0.3 is 5.73 Å². The standard InChI is InChI=1S/C28H26BCl2N/c1-19-13-15-23(17-25(19)30)29(24-16-14-20(2)26(31)18-24)27(21-9-5-3-6-10-21)28(32)22-11-7-4-8-12-22/h3-18,27-28H,32H2,1-2H3. The summed E-state index contributed by atoms with van der Waals surface area (Å²) in [5.41, 5.74) is 13.7. The lowest BCUT2D eigenvalue weighted by Gasteiger charge is -2.32. The van der Waals surface area contributed by atoms with Gasteiger partial charge in [-0.15, -0.1) is 0 Å². The van der Waals surface area contributed by atoms with E-state index < -0.39 is 0 Å². The molecule has 0 spiro atoms. The molecule has 0 heterocycles. The van der Waals surface area contributed by atoms with Crippen molar-refractivity contribution in [1.82, 2.24) is 0 Å². The Labute approximate surface area is 201 Å². The van der Waals surface area contributed by atoms with E-state index in [0.29, 0.717) is 0 Å². The highest BCUT2D eigenvalue weighted by Crippen LogP contribution is 2.32. The highest BCUT2D eigenvalue weighted by Gasteiger charge is 2.36. The van der Waals surface area contributed by atoms with Crippen molar-refractivity contribution in [3.8, 4) is 0 Å².